The van der Waals surface area contributed by atoms with E-state index in [1.165, 1.54) is 54.6 Å². The number of fused-ring (bicyclic) bond motifs is 1. The first-order valence-electron chi connectivity index (χ1n) is 8.66. The summed E-state index contributed by atoms with van der Waals surface area (Å²) < 4.78 is 5.59. The molecule has 9 nitrogen and oxygen atoms in total. The number of benzene rings is 3. The highest BCUT2D eigenvalue weighted by molar-refractivity contribution is 6.21. The van der Waals surface area contributed by atoms with Gasteiger partial charge in [0.05, 0.1) is 21.6 Å². The molecule has 1 heterocycles. The van der Waals surface area contributed by atoms with Gasteiger partial charge in [-0.25, -0.2) is 4.79 Å². The van der Waals surface area contributed by atoms with Crippen molar-refractivity contribution in [3.05, 3.63) is 99.6 Å². The Bertz CT molecular complexity index is 1150. The van der Waals surface area contributed by atoms with Crippen molar-refractivity contribution in [1.82, 2.24) is 5.06 Å². The summed E-state index contributed by atoms with van der Waals surface area (Å²) >= 11 is 0. The maximum Gasteiger partial charge on any atom is 0.364 e. The Hall–Kier alpha value is -4.53. The lowest BCUT2D eigenvalue weighted by atomic mass is 10.1. The first-order valence-corrected chi connectivity index (χ1v) is 8.66. The number of amides is 2. The summed E-state index contributed by atoms with van der Waals surface area (Å²) in [6, 6.07) is 17.5. The second kappa shape index (κ2) is 7.47. The van der Waals surface area contributed by atoms with Gasteiger partial charge in [0.15, 0.2) is 0 Å². The highest BCUT2D eigenvalue weighted by atomic mass is 16.7. The predicted octanol–water partition coefficient (Wildman–Crippen LogP) is 3.76. The van der Waals surface area contributed by atoms with Gasteiger partial charge in [-0.05, 0) is 42.5 Å². The van der Waals surface area contributed by atoms with Crippen molar-refractivity contribution < 1.29 is 28.9 Å². The summed E-state index contributed by atoms with van der Waals surface area (Å²) in [6.45, 7) is 0. The molecule has 3 aromatic carbocycles. The molecule has 0 saturated heterocycles. The van der Waals surface area contributed by atoms with E-state index in [2.05, 4.69) is 0 Å². The molecule has 0 aromatic heterocycles. The number of rotatable bonds is 5. The summed E-state index contributed by atoms with van der Waals surface area (Å²) in [5.74, 6) is -1.77. The molecule has 148 valence electrons. The van der Waals surface area contributed by atoms with Crippen LogP contribution >= 0.6 is 0 Å². The lowest BCUT2D eigenvalue weighted by Gasteiger charge is -2.13. The first kappa shape index (κ1) is 18.8. The minimum absolute atomic E-state index is 0.0472. The number of imide groups is 1. The van der Waals surface area contributed by atoms with Gasteiger partial charge in [0.1, 0.15) is 11.5 Å². The molecule has 0 aliphatic carbocycles. The minimum atomic E-state index is -0.918. The Balaban J connectivity index is 1.49. The average Bonchev–Trinajstić information content (AvgIpc) is 2.99. The van der Waals surface area contributed by atoms with Gasteiger partial charge in [-0.3, -0.25) is 19.7 Å². The second-order valence-electron chi connectivity index (χ2n) is 6.21. The van der Waals surface area contributed by atoms with E-state index in [0.717, 1.165) is 0 Å². The van der Waals surface area contributed by atoms with Crippen LogP contribution in [0.25, 0.3) is 0 Å². The van der Waals surface area contributed by atoms with E-state index in [9.17, 15) is 24.5 Å². The summed E-state index contributed by atoms with van der Waals surface area (Å²) in [6.07, 6.45) is 0. The van der Waals surface area contributed by atoms with E-state index in [1.54, 1.807) is 18.2 Å². The SMILES string of the molecule is O=C(ON1C(=O)c2ccccc2C1=O)c1cccc(Oc2ccc([N+](=O)[O-])cc2)c1. The number of hydrogen-bond donors (Lipinski definition) is 0. The van der Waals surface area contributed by atoms with Gasteiger partial charge < -0.3 is 9.57 Å². The van der Waals surface area contributed by atoms with Crippen LogP contribution in [0.1, 0.15) is 31.1 Å². The molecule has 0 spiro atoms. The van der Waals surface area contributed by atoms with E-state index < -0.39 is 22.7 Å². The zero-order valence-electron chi connectivity index (χ0n) is 15.2. The first-order chi connectivity index (χ1) is 14.4. The molecule has 4 rings (SSSR count). The molecule has 2 amide bonds. The molecule has 3 aromatic rings. The third kappa shape index (κ3) is 3.47. The summed E-state index contributed by atoms with van der Waals surface area (Å²) in [7, 11) is 0. The lowest BCUT2D eigenvalue weighted by Crippen LogP contribution is -2.32. The monoisotopic (exact) mass is 404 g/mol. The van der Waals surface area contributed by atoms with E-state index in [1.807, 2.05) is 0 Å². The smallest absolute Gasteiger partial charge is 0.364 e. The molecule has 30 heavy (non-hydrogen) atoms. The molecule has 0 bridgehead atoms. The standard InChI is InChI=1S/C21H12N2O7/c24-19-17-6-1-2-7-18(17)20(25)22(19)30-21(26)13-4-3-5-16(12-13)29-15-10-8-14(9-11-15)23(27)28/h1-12H. The molecular weight excluding hydrogens is 392 g/mol. The number of non-ortho nitro benzene ring substituents is 1. The van der Waals surface area contributed by atoms with Crippen LogP contribution in [0.4, 0.5) is 5.69 Å². The molecule has 1 aliphatic heterocycles. The molecule has 0 fully saturated rings. The highest BCUT2D eigenvalue weighted by Crippen LogP contribution is 2.26. The molecule has 0 atom stereocenters. The van der Waals surface area contributed by atoms with Crippen LogP contribution in [0.2, 0.25) is 0 Å². The Morgan fingerprint density at radius 2 is 1.47 bits per heavy atom. The number of nitro groups is 1. The van der Waals surface area contributed by atoms with Crippen molar-refractivity contribution in [1.29, 1.82) is 0 Å². The van der Waals surface area contributed by atoms with Gasteiger partial charge >= 0.3 is 5.97 Å². The quantitative estimate of drug-likeness (QED) is 0.361. The maximum absolute atomic E-state index is 12.5. The average molecular weight is 404 g/mol. The van der Waals surface area contributed by atoms with Gasteiger partial charge in [0.25, 0.3) is 17.5 Å². The topological polar surface area (TPSA) is 116 Å². The van der Waals surface area contributed by atoms with Crippen molar-refractivity contribution in [3.63, 3.8) is 0 Å². The summed E-state index contributed by atoms with van der Waals surface area (Å²) in [5.41, 5.74) is 0.280. The van der Waals surface area contributed by atoms with E-state index >= 15 is 0 Å². The number of ether oxygens (including phenoxy) is 1. The van der Waals surface area contributed by atoms with E-state index in [-0.39, 0.29) is 28.1 Å². The molecule has 0 saturated carbocycles. The number of hydrogen-bond acceptors (Lipinski definition) is 7. The third-order valence-corrected chi connectivity index (χ3v) is 4.28. The van der Waals surface area contributed by atoms with Crippen LogP contribution in [0.3, 0.4) is 0 Å². The van der Waals surface area contributed by atoms with Crippen LogP contribution in [-0.4, -0.2) is 27.8 Å². The maximum atomic E-state index is 12.5. The fourth-order valence-corrected chi connectivity index (χ4v) is 2.84. The fourth-order valence-electron chi connectivity index (χ4n) is 2.84. The summed E-state index contributed by atoms with van der Waals surface area (Å²) in [5, 5.41) is 11.1. The van der Waals surface area contributed by atoms with Crippen molar-refractivity contribution in [3.8, 4) is 11.5 Å². The Morgan fingerprint density at radius 1 is 0.833 bits per heavy atom. The lowest BCUT2D eigenvalue weighted by molar-refractivity contribution is -0.384. The predicted molar refractivity (Wildman–Crippen MR) is 102 cm³/mol. The van der Waals surface area contributed by atoms with Crippen LogP contribution in [0, 0.1) is 10.1 Å². The molecule has 1 aliphatic rings. The Morgan fingerprint density at radius 3 is 2.07 bits per heavy atom. The molecule has 0 unspecified atom stereocenters. The van der Waals surface area contributed by atoms with Crippen LogP contribution in [0.5, 0.6) is 11.5 Å². The van der Waals surface area contributed by atoms with E-state index in [4.69, 9.17) is 9.57 Å². The van der Waals surface area contributed by atoms with Crippen molar-refractivity contribution in [2.24, 2.45) is 0 Å². The van der Waals surface area contributed by atoms with Crippen LogP contribution in [-0.2, 0) is 4.84 Å². The van der Waals surface area contributed by atoms with Crippen LogP contribution in [0.15, 0.2) is 72.8 Å². The molecule has 0 N–H and O–H groups in total. The zero-order chi connectivity index (χ0) is 21.3. The largest absolute Gasteiger partial charge is 0.457 e. The number of nitro benzene ring substituents is 1. The van der Waals surface area contributed by atoms with Gasteiger partial charge in [0, 0.05) is 12.1 Å². The van der Waals surface area contributed by atoms with Gasteiger partial charge in [0.2, 0.25) is 0 Å². The Labute approximate surface area is 169 Å². The number of carbonyl (C=O) groups excluding carboxylic acids is 3. The molecule has 0 radical (unpaired) electrons. The Kier molecular flexibility index (Phi) is 4.69. The highest BCUT2D eigenvalue weighted by Gasteiger charge is 2.38. The van der Waals surface area contributed by atoms with Gasteiger partial charge in [-0.1, -0.05) is 23.3 Å². The van der Waals surface area contributed by atoms with Gasteiger partial charge in [-0.2, -0.15) is 0 Å². The van der Waals surface area contributed by atoms with Crippen LogP contribution < -0.4 is 4.74 Å². The fraction of sp³-hybridized carbons (Fsp3) is 0. The van der Waals surface area contributed by atoms with Crippen molar-refractivity contribution in [2.75, 3.05) is 0 Å². The third-order valence-electron chi connectivity index (χ3n) is 4.28. The molecule has 9 heteroatoms. The number of hydroxylamine groups is 2. The normalized spacial score (nSPS) is 12.5. The summed E-state index contributed by atoms with van der Waals surface area (Å²) in [4.78, 5) is 52.3. The second-order valence-corrected chi connectivity index (χ2v) is 6.21. The van der Waals surface area contributed by atoms with Gasteiger partial charge in [-0.15, -0.1) is 0 Å². The minimum Gasteiger partial charge on any atom is -0.457 e. The zero-order valence-corrected chi connectivity index (χ0v) is 15.2. The van der Waals surface area contributed by atoms with E-state index in [0.29, 0.717) is 10.8 Å². The number of carbonyl (C=O) groups is 3. The van der Waals surface area contributed by atoms with Crippen molar-refractivity contribution in [2.45, 2.75) is 0 Å². The number of nitrogens with zero attached hydrogens (tertiary/aromatic N) is 2. The van der Waals surface area contributed by atoms with Crippen molar-refractivity contribution >= 4 is 23.5 Å². The molecular formula is C21H12N2O7.